The number of non-ortho nitro benzene ring substituents is 1. The van der Waals surface area contributed by atoms with E-state index < -0.39 is 11.0 Å². The van der Waals surface area contributed by atoms with Crippen LogP contribution in [0.1, 0.15) is 25.3 Å². The minimum Gasteiger partial charge on any atom is -0.495 e. The topological polar surface area (TPSA) is 84.7 Å². The van der Waals surface area contributed by atoms with Crippen molar-refractivity contribution in [1.29, 1.82) is 0 Å². The summed E-state index contributed by atoms with van der Waals surface area (Å²) in [6.45, 7) is 2.31. The summed E-state index contributed by atoms with van der Waals surface area (Å²) in [5.74, 6) is -0.235. The lowest BCUT2D eigenvalue weighted by molar-refractivity contribution is -0.384. The molecule has 1 saturated carbocycles. The van der Waals surface area contributed by atoms with Crippen molar-refractivity contribution in [2.45, 2.75) is 38.4 Å². The molecule has 2 aromatic carbocycles. The summed E-state index contributed by atoms with van der Waals surface area (Å²) in [6, 6.07) is 10.1. The van der Waals surface area contributed by atoms with Gasteiger partial charge >= 0.3 is 0 Å². The fourth-order valence-corrected chi connectivity index (χ4v) is 3.08. The Morgan fingerprint density at radius 1 is 1.32 bits per heavy atom. The van der Waals surface area contributed by atoms with Gasteiger partial charge in [0.1, 0.15) is 11.6 Å². The number of amides is 1. The fraction of sp³-hybridized carbons (Fsp3) is 0.350. The number of nitro benzene ring substituents is 1. The Morgan fingerprint density at radius 3 is 2.57 bits per heavy atom. The molecule has 148 valence electrons. The molecule has 7 nitrogen and oxygen atoms in total. The number of benzene rings is 2. The Balaban J connectivity index is 1.76. The minimum atomic E-state index is -0.524. The van der Waals surface area contributed by atoms with E-state index in [1.54, 1.807) is 19.1 Å². The zero-order chi connectivity index (χ0) is 20.3. The second-order valence-corrected chi connectivity index (χ2v) is 6.84. The number of hydrogen-bond acceptors (Lipinski definition) is 5. The standard InChI is InChI=1S/C20H22FN3O4/c1-13(23(16-7-8-16)12-14-3-5-15(21)6-4-14)20(25)22-18-11-17(24(26)27)9-10-19(18)28-2/h3-6,9-11,13,16H,7-8,12H2,1-2H3,(H,22,25)/t13-/m1/s1. The molecule has 3 rings (SSSR count). The molecule has 0 heterocycles. The van der Waals surface area contributed by atoms with Gasteiger partial charge in [0, 0.05) is 24.7 Å². The molecule has 0 radical (unpaired) electrons. The van der Waals surface area contributed by atoms with Crippen LogP contribution in [0.15, 0.2) is 42.5 Å². The van der Waals surface area contributed by atoms with Crippen molar-refractivity contribution in [3.8, 4) is 5.75 Å². The van der Waals surface area contributed by atoms with Gasteiger partial charge in [-0.1, -0.05) is 12.1 Å². The minimum absolute atomic E-state index is 0.130. The van der Waals surface area contributed by atoms with E-state index in [4.69, 9.17) is 4.74 Å². The van der Waals surface area contributed by atoms with Crippen LogP contribution in [0, 0.1) is 15.9 Å². The van der Waals surface area contributed by atoms with Crippen molar-refractivity contribution in [3.05, 3.63) is 64.0 Å². The number of halogens is 1. The number of nitrogens with one attached hydrogen (secondary N) is 1. The lowest BCUT2D eigenvalue weighted by Gasteiger charge is -2.28. The molecule has 1 amide bonds. The summed E-state index contributed by atoms with van der Waals surface area (Å²) >= 11 is 0. The summed E-state index contributed by atoms with van der Waals surface area (Å²) in [6.07, 6.45) is 2.00. The largest absolute Gasteiger partial charge is 0.495 e. The van der Waals surface area contributed by atoms with E-state index in [0.717, 1.165) is 18.4 Å². The average molecular weight is 387 g/mol. The fourth-order valence-electron chi connectivity index (χ4n) is 3.08. The molecule has 0 aromatic heterocycles. The normalized spacial score (nSPS) is 14.6. The van der Waals surface area contributed by atoms with Crippen LogP contribution in [-0.2, 0) is 11.3 Å². The van der Waals surface area contributed by atoms with E-state index in [-0.39, 0.29) is 29.1 Å². The Bertz CT molecular complexity index is 868. The Labute approximate surface area is 162 Å². The van der Waals surface area contributed by atoms with E-state index in [9.17, 15) is 19.3 Å². The van der Waals surface area contributed by atoms with Gasteiger partial charge in [-0.15, -0.1) is 0 Å². The lowest BCUT2D eigenvalue weighted by atomic mass is 10.1. The molecule has 1 aliphatic carbocycles. The SMILES string of the molecule is COc1ccc([N+](=O)[O-])cc1NC(=O)[C@@H](C)N(Cc1ccc(F)cc1)C1CC1. The smallest absolute Gasteiger partial charge is 0.271 e. The molecule has 1 fully saturated rings. The van der Waals surface area contributed by atoms with Crippen molar-refractivity contribution in [3.63, 3.8) is 0 Å². The Morgan fingerprint density at radius 2 is 2.00 bits per heavy atom. The van der Waals surface area contributed by atoms with Crippen LogP contribution in [0.2, 0.25) is 0 Å². The number of carbonyl (C=O) groups excluding carboxylic acids is 1. The maximum atomic E-state index is 13.1. The monoisotopic (exact) mass is 387 g/mol. The van der Waals surface area contributed by atoms with Gasteiger partial charge in [0.2, 0.25) is 5.91 Å². The van der Waals surface area contributed by atoms with Crippen molar-refractivity contribution in [1.82, 2.24) is 4.90 Å². The summed E-state index contributed by atoms with van der Waals surface area (Å²) < 4.78 is 18.3. The second kappa shape index (κ2) is 8.35. The van der Waals surface area contributed by atoms with E-state index in [0.29, 0.717) is 12.3 Å². The van der Waals surface area contributed by atoms with Gasteiger partial charge in [0.25, 0.3) is 5.69 Å². The maximum absolute atomic E-state index is 13.1. The van der Waals surface area contributed by atoms with Crippen LogP contribution >= 0.6 is 0 Å². The predicted molar refractivity (Wildman–Crippen MR) is 103 cm³/mol. The number of rotatable bonds is 8. The highest BCUT2D eigenvalue weighted by Crippen LogP contribution is 2.32. The zero-order valence-electron chi connectivity index (χ0n) is 15.7. The molecular formula is C20H22FN3O4. The number of hydrogen-bond donors (Lipinski definition) is 1. The summed E-state index contributed by atoms with van der Waals surface area (Å²) in [7, 11) is 1.44. The number of anilines is 1. The van der Waals surface area contributed by atoms with Crippen molar-refractivity contribution in [2.24, 2.45) is 0 Å². The van der Waals surface area contributed by atoms with Gasteiger partial charge in [-0.05, 0) is 43.5 Å². The van der Waals surface area contributed by atoms with Gasteiger partial charge in [-0.2, -0.15) is 0 Å². The Hall–Kier alpha value is -3.00. The molecule has 0 saturated heterocycles. The first-order chi connectivity index (χ1) is 13.4. The van der Waals surface area contributed by atoms with Crippen molar-refractivity contribution < 1.29 is 18.8 Å². The average Bonchev–Trinajstić information content (AvgIpc) is 3.52. The van der Waals surface area contributed by atoms with Gasteiger partial charge in [-0.3, -0.25) is 19.8 Å². The lowest BCUT2D eigenvalue weighted by Crippen LogP contribution is -2.43. The summed E-state index contributed by atoms with van der Waals surface area (Å²) in [5.41, 5.74) is 1.04. The molecule has 0 spiro atoms. The first kappa shape index (κ1) is 19.8. The van der Waals surface area contributed by atoms with Crippen LogP contribution in [0.4, 0.5) is 15.8 Å². The van der Waals surface area contributed by atoms with E-state index in [2.05, 4.69) is 10.2 Å². The third kappa shape index (κ3) is 4.64. The van der Waals surface area contributed by atoms with E-state index in [1.165, 1.54) is 37.4 Å². The summed E-state index contributed by atoms with van der Waals surface area (Å²) in [5, 5.41) is 13.8. The molecule has 2 aromatic rings. The number of ether oxygens (including phenoxy) is 1. The molecule has 0 unspecified atom stereocenters. The molecule has 0 aliphatic heterocycles. The number of nitrogens with zero attached hydrogens (tertiary/aromatic N) is 2. The molecule has 0 bridgehead atoms. The highest BCUT2D eigenvalue weighted by Gasteiger charge is 2.35. The number of carbonyl (C=O) groups is 1. The predicted octanol–water partition coefficient (Wildman–Crippen LogP) is 3.73. The highest BCUT2D eigenvalue weighted by molar-refractivity contribution is 5.96. The first-order valence-electron chi connectivity index (χ1n) is 9.02. The van der Waals surface area contributed by atoms with Gasteiger partial charge in [0.15, 0.2) is 0 Å². The molecule has 1 atom stereocenters. The zero-order valence-corrected chi connectivity index (χ0v) is 15.7. The first-order valence-corrected chi connectivity index (χ1v) is 9.02. The molecule has 28 heavy (non-hydrogen) atoms. The third-order valence-electron chi connectivity index (χ3n) is 4.82. The summed E-state index contributed by atoms with van der Waals surface area (Å²) in [4.78, 5) is 25.4. The van der Waals surface area contributed by atoms with Crippen LogP contribution in [0.5, 0.6) is 5.75 Å². The quantitative estimate of drug-likeness (QED) is 0.551. The van der Waals surface area contributed by atoms with Gasteiger partial charge in [0.05, 0.1) is 23.8 Å². The van der Waals surface area contributed by atoms with E-state index >= 15 is 0 Å². The number of methoxy groups -OCH3 is 1. The van der Waals surface area contributed by atoms with Crippen LogP contribution < -0.4 is 10.1 Å². The molecule has 8 heteroatoms. The van der Waals surface area contributed by atoms with Gasteiger partial charge in [-0.25, -0.2) is 4.39 Å². The van der Waals surface area contributed by atoms with E-state index in [1.807, 2.05) is 0 Å². The molecule has 1 N–H and O–H groups in total. The highest BCUT2D eigenvalue weighted by atomic mass is 19.1. The number of nitro groups is 1. The third-order valence-corrected chi connectivity index (χ3v) is 4.82. The van der Waals surface area contributed by atoms with Crippen LogP contribution in [0.3, 0.4) is 0 Å². The maximum Gasteiger partial charge on any atom is 0.271 e. The van der Waals surface area contributed by atoms with Crippen LogP contribution in [0.25, 0.3) is 0 Å². The van der Waals surface area contributed by atoms with Crippen molar-refractivity contribution >= 4 is 17.3 Å². The van der Waals surface area contributed by atoms with Gasteiger partial charge < -0.3 is 10.1 Å². The molecule has 1 aliphatic rings. The second-order valence-electron chi connectivity index (χ2n) is 6.84. The van der Waals surface area contributed by atoms with Crippen molar-refractivity contribution in [2.75, 3.05) is 12.4 Å². The Kier molecular flexibility index (Phi) is 5.89. The van der Waals surface area contributed by atoms with Crippen LogP contribution in [-0.4, -0.2) is 34.9 Å². The molecular weight excluding hydrogens is 365 g/mol.